The molecule has 2 aromatic carbocycles. The van der Waals surface area contributed by atoms with Crippen LogP contribution in [0.1, 0.15) is 32.6 Å². The normalized spacial score (nSPS) is 11.9. The molecule has 5 nitrogen and oxygen atoms in total. The zero-order valence-electron chi connectivity index (χ0n) is 15.1. The largest absolute Gasteiger partial charge is 0.354 e. The smallest absolute Gasteiger partial charge is 0.227 e. The number of hydrogen-bond donors (Lipinski definition) is 1. The van der Waals surface area contributed by atoms with Crippen LogP contribution in [0, 0.1) is 0 Å². The lowest BCUT2D eigenvalue weighted by molar-refractivity contribution is -0.121. The molecule has 1 atom stereocenters. The molecule has 0 fully saturated rings. The molecule has 134 valence electrons. The Hall–Kier alpha value is -2.95. The first kappa shape index (κ1) is 17.9. The van der Waals surface area contributed by atoms with E-state index in [2.05, 4.69) is 27.6 Å². The van der Waals surface area contributed by atoms with E-state index in [0.717, 1.165) is 17.5 Å². The quantitative estimate of drug-likeness (QED) is 0.692. The average Bonchev–Trinajstić information content (AvgIpc) is 3.16. The molecule has 3 aromatic rings. The molecule has 0 aliphatic carbocycles. The number of hydrogen-bond acceptors (Lipinski definition) is 4. The molecule has 0 aliphatic rings. The topological polar surface area (TPSA) is 68.0 Å². The molecule has 1 N–H and O–H groups in total. The fourth-order valence-corrected chi connectivity index (χ4v) is 2.59. The molecule has 1 amide bonds. The van der Waals surface area contributed by atoms with E-state index in [0.29, 0.717) is 24.6 Å². The van der Waals surface area contributed by atoms with Crippen molar-refractivity contribution in [1.82, 2.24) is 15.5 Å². The first-order valence-corrected chi connectivity index (χ1v) is 8.93. The Kier molecular flexibility index (Phi) is 5.79. The third-order valence-corrected chi connectivity index (χ3v) is 4.30. The lowest BCUT2D eigenvalue weighted by Gasteiger charge is -2.10. The van der Waals surface area contributed by atoms with Gasteiger partial charge in [-0.05, 0) is 24.5 Å². The predicted octanol–water partition coefficient (Wildman–Crippen LogP) is 4.25. The number of aromatic nitrogens is 2. The Labute approximate surface area is 153 Å². The zero-order chi connectivity index (χ0) is 18.4. The van der Waals surface area contributed by atoms with Gasteiger partial charge in [-0.25, -0.2) is 0 Å². The molecular weight excluding hydrogens is 326 g/mol. The molecule has 0 radical (unpaired) electrons. The van der Waals surface area contributed by atoms with Crippen LogP contribution in [0.25, 0.3) is 22.5 Å². The Morgan fingerprint density at radius 1 is 1.04 bits per heavy atom. The van der Waals surface area contributed by atoms with Crippen molar-refractivity contribution in [3.8, 4) is 22.5 Å². The van der Waals surface area contributed by atoms with E-state index >= 15 is 0 Å². The van der Waals surface area contributed by atoms with Crippen molar-refractivity contribution in [1.29, 1.82) is 0 Å². The maximum atomic E-state index is 11.8. The summed E-state index contributed by atoms with van der Waals surface area (Å²) in [5.41, 5.74) is 3.20. The Bertz CT molecular complexity index is 841. The number of aryl methyl sites for hydroxylation is 1. The van der Waals surface area contributed by atoms with Crippen LogP contribution in [-0.2, 0) is 11.2 Å². The number of nitrogens with zero attached hydrogens (tertiary/aromatic N) is 2. The minimum Gasteiger partial charge on any atom is -0.354 e. The van der Waals surface area contributed by atoms with E-state index in [1.54, 1.807) is 0 Å². The highest BCUT2D eigenvalue weighted by molar-refractivity contribution is 5.76. The molecule has 3 rings (SSSR count). The Morgan fingerprint density at radius 2 is 1.69 bits per heavy atom. The van der Waals surface area contributed by atoms with Gasteiger partial charge >= 0.3 is 0 Å². The fourth-order valence-electron chi connectivity index (χ4n) is 2.59. The first-order valence-electron chi connectivity index (χ1n) is 8.93. The Morgan fingerprint density at radius 3 is 2.38 bits per heavy atom. The second-order valence-corrected chi connectivity index (χ2v) is 6.33. The number of rotatable bonds is 7. The maximum absolute atomic E-state index is 11.8. The van der Waals surface area contributed by atoms with Crippen LogP contribution in [0.3, 0.4) is 0 Å². The van der Waals surface area contributed by atoms with E-state index in [9.17, 15) is 4.79 Å². The van der Waals surface area contributed by atoms with Gasteiger partial charge in [-0.15, -0.1) is 0 Å². The summed E-state index contributed by atoms with van der Waals surface area (Å²) < 4.78 is 5.27. The highest BCUT2D eigenvalue weighted by Gasteiger charge is 2.12. The number of carbonyl (C=O) groups is 1. The molecule has 1 heterocycles. The van der Waals surface area contributed by atoms with Gasteiger partial charge in [0.25, 0.3) is 0 Å². The van der Waals surface area contributed by atoms with Crippen LogP contribution >= 0.6 is 0 Å². The molecule has 5 heteroatoms. The molecule has 0 spiro atoms. The van der Waals surface area contributed by atoms with Crippen LogP contribution in [0.15, 0.2) is 59.1 Å². The summed E-state index contributed by atoms with van der Waals surface area (Å²) in [5, 5.41) is 6.96. The summed E-state index contributed by atoms with van der Waals surface area (Å²) in [6.45, 7) is 4.03. The van der Waals surface area contributed by atoms with Gasteiger partial charge in [-0.1, -0.05) is 66.7 Å². The highest BCUT2D eigenvalue weighted by Crippen LogP contribution is 2.23. The average molecular weight is 349 g/mol. The van der Waals surface area contributed by atoms with Gasteiger partial charge in [0.05, 0.1) is 0 Å². The van der Waals surface area contributed by atoms with Crippen molar-refractivity contribution in [3.63, 3.8) is 0 Å². The van der Waals surface area contributed by atoms with Crippen molar-refractivity contribution in [2.24, 2.45) is 0 Å². The van der Waals surface area contributed by atoms with Crippen LogP contribution in [0.5, 0.6) is 0 Å². The monoisotopic (exact) mass is 349 g/mol. The van der Waals surface area contributed by atoms with Gasteiger partial charge in [0, 0.05) is 24.4 Å². The molecule has 1 aromatic heterocycles. The summed E-state index contributed by atoms with van der Waals surface area (Å²) >= 11 is 0. The zero-order valence-corrected chi connectivity index (χ0v) is 15.1. The highest BCUT2D eigenvalue weighted by atomic mass is 16.5. The van der Waals surface area contributed by atoms with E-state index < -0.39 is 0 Å². The predicted molar refractivity (Wildman–Crippen MR) is 101 cm³/mol. The van der Waals surface area contributed by atoms with Crippen molar-refractivity contribution < 1.29 is 9.32 Å². The molecule has 26 heavy (non-hydrogen) atoms. The molecule has 0 saturated carbocycles. The van der Waals surface area contributed by atoms with Gasteiger partial charge in [0.1, 0.15) is 0 Å². The van der Waals surface area contributed by atoms with Crippen LogP contribution < -0.4 is 5.32 Å². The van der Waals surface area contributed by atoms with E-state index in [4.69, 9.17) is 4.52 Å². The summed E-state index contributed by atoms with van der Waals surface area (Å²) in [6, 6.07) is 18.4. The van der Waals surface area contributed by atoms with Gasteiger partial charge < -0.3 is 9.84 Å². The summed E-state index contributed by atoms with van der Waals surface area (Å²) in [6.07, 6.45) is 1.70. The van der Waals surface area contributed by atoms with Gasteiger partial charge in [0.2, 0.25) is 17.6 Å². The van der Waals surface area contributed by atoms with E-state index in [1.165, 1.54) is 5.56 Å². The molecule has 0 bridgehead atoms. The van der Waals surface area contributed by atoms with Crippen molar-refractivity contribution in [2.45, 2.75) is 39.2 Å². The van der Waals surface area contributed by atoms with Crippen LogP contribution in [0.2, 0.25) is 0 Å². The van der Waals surface area contributed by atoms with Crippen molar-refractivity contribution in [2.75, 3.05) is 0 Å². The summed E-state index contributed by atoms with van der Waals surface area (Å²) in [5.74, 6) is 1.03. The van der Waals surface area contributed by atoms with Crippen LogP contribution in [0.4, 0.5) is 0 Å². The standard InChI is InChI=1S/C21H23N3O2/c1-3-15(2)22-19(25)13-14-20-23-21(24-26-20)18-11-9-17(10-12-18)16-7-5-4-6-8-16/h4-12,15H,3,13-14H2,1-2H3,(H,22,25)/t15-/m0/s1. The van der Waals surface area contributed by atoms with Crippen LogP contribution in [-0.4, -0.2) is 22.1 Å². The molecule has 0 saturated heterocycles. The third-order valence-electron chi connectivity index (χ3n) is 4.30. The minimum absolute atomic E-state index is 0.00585. The lowest BCUT2D eigenvalue weighted by Crippen LogP contribution is -2.32. The molecule has 0 unspecified atom stereocenters. The second-order valence-electron chi connectivity index (χ2n) is 6.33. The van der Waals surface area contributed by atoms with E-state index in [1.807, 2.05) is 56.3 Å². The summed E-state index contributed by atoms with van der Waals surface area (Å²) in [7, 11) is 0. The summed E-state index contributed by atoms with van der Waals surface area (Å²) in [4.78, 5) is 16.2. The van der Waals surface area contributed by atoms with Gasteiger partial charge in [-0.2, -0.15) is 4.98 Å². The number of benzene rings is 2. The second kappa shape index (κ2) is 8.43. The molecular formula is C21H23N3O2. The minimum atomic E-state index is 0.00585. The Balaban J connectivity index is 1.62. The van der Waals surface area contributed by atoms with Gasteiger partial charge in [-0.3, -0.25) is 4.79 Å². The number of amides is 1. The van der Waals surface area contributed by atoms with Crippen molar-refractivity contribution in [3.05, 3.63) is 60.5 Å². The fraction of sp³-hybridized carbons (Fsp3) is 0.286. The molecule has 0 aliphatic heterocycles. The van der Waals surface area contributed by atoms with Gasteiger partial charge in [0.15, 0.2) is 0 Å². The third kappa shape index (κ3) is 4.57. The maximum Gasteiger partial charge on any atom is 0.227 e. The van der Waals surface area contributed by atoms with E-state index in [-0.39, 0.29) is 11.9 Å². The SMILES string of the molecule is CC[C@H](C)NC(=O)CCc1nc(-c2ccc(-c3ccccc3)cc2)no1. The number of nitrogens with one attached hydrogen (secondary N) is 1. The lowest BCUT2D eigenvalue weighted by atomic mass is 10.0. The van der Waals surface area contributed by atoms with Crippen molar-refractivity contribution >= 4 is 5.91 Å². The first-order chi connectivity index (χ1) is 12.7. The number of carbonyl (C=O) groups excluding carboxylic acids is 1.